The standard InChI is InChI=1S/C28H54O4/c1-4-7-9-11-13-15-17-19-21-23-25-30-28(29)27(6-3)32-31-26-24-22-20-18-16-14-12-10-8-5-2/h6H,4-5,7-26H2,1-3H3/b27-6+. The van der Waals surface area contributed by atoms with Gasteiger partial charge >= 0.3 is 5.97 Å². The zero-order valence-corrected chi connectivity index (χ0v) is 21.8. The smallest absolute Gasteiger partial charge is 0.377 e. The van der Waals surface area contributed by atoms with Crippen molar-refractivity contribution in [2.75, 3.05) is 13.2 Å². The van der Waals surface area contributed by atoms with Gasteiger partial charge in [-0.15, -0.1) is 0 Å². The summed E-state index contributed by atoms with van der Waals surface area (Å²) in [5.41, 5.74) is 0. The number of carbonyl (C=O) groups is 1. The monoisotopic (exact) mass is 454 g/mol. The minimum absolute atomic E-state index is 0.157. The number of esters is 1. The average molecular weight is 455 g/mol. The molecule has 0 saturated carbocycles. The van der Waals surface area contributed by atoms with Crippen molar-refractivity contribution >= 4 is 5.97 Å². The van der Waals surface area contributed by atoms with Crippen molar-refractivity contribution in [1.29, 1.82) is 0 Å². The first-order valence-corrected chi connectivity index (χ1v) is 13.9. The molecule has 0 heterocycles. The Morgan fingerprint density at radius 1 is 0.562 bits per heavy atom. The number of unbranched alkanes of at least 4 members (excludes halogenated alkanes) is 18. The summed E-state index contributed by atoms with van der Waals surface area (Å²) in [6.45, 7) is 7.24. The van der Waals surface area contributed by atoms with Crippen molar-refractivity contribution in [2.24, 2.45) is 0 Å². The third-order valence-corrected chi connectivity index (χ3v) is 5.92. The molecule has 0 unspecified atom stereocenters. The van der Waals surface area contributed by atoms with E-state index in [1.807, 2.05) is 0 Å². The second kappa shape index (κ2) is 26.2. The fourth-order valence-electron chi connectivity index (χ4n) is 3.78. The van der Waals surface area contributed by atoms with E-state index in [-0.39, 0.29) is 5.76 Å². The van der Waals surface area contributed by atoms with Gasteiger partial charge in [-0.25, -0.2) is 4.79 Å². The Balaban J connectivity index is 3.47. The topological polar surface area (TPSA) is 44.8 Å². The lowest BCUT2D eigenvalue weighted by Gasteiger charge is -2.09. The number of carbonyl (C=O) groups excluding carboxylic acids is 1. The molecule has 0 aliphatic carbocycles. The quantitative estimate of drug-likeness (QED) is 0.0344. The number of allylic oxidation sites excluding steroid dienone is 1. The molecule has 0 amide bonds. The summed E-state index contributed by atoms with van der Waals surface area (Å²) >= 11 is 0. The highest BCUT2D eigenvalue weighted by molar-refractivity contribution is 5.85. The van der Waals surface area contributed by atoms with Gasteiger partial charge in [0.2, 0.25) is 5.76 Å². The summed E-state index contributed by atoms with van der Waals surface area (Å²) in [5, 5.41) is 0. The van der Waals surface area contributed by atoms with Crippen molar-refractivity contribution in [3.05, 3.63) is 11.8 Å². The first-order chi connectivity index (χ1) is 15.8. The van der Waals surface area contributed by atoms with E-state index in [2.05, 4.69) is 13.8 Å². The van der Waals surface area contributed by atoms with Crippen LogP contribution < -0.4 is 0 Å². The Morgan fingerprint density at radius 3 is 1.34 bits per heavy atom. The van der Waals surface area contributed by atoms with Gasteiger partial charge < -0.3 is 9.62 Å². The minimum Gasteiger partial charge on any atom is -0.460 e. The third-order valence-electron chi connectivity index (χ3n) is 5.92. The first-order valence-electron chi connectivity index (χ1n) is 13.9. The molecule has 0 rings (SSSR count). The van der Waals surface area contributed by atoms with E-state index in [0.29, 0.717) is 13.2 Å². The molecule has 190 valence electrons. The van der Waals surface area contributed by atoms with Crippen LogP contribution in [-0.4, -0.2) is 19.2 Å². The van der Waals surface area contributed by atoms with Crippen molar-refractivity contribution < 1.29 is 19.3 Å². The van der Waals surface area contributed by atoms with Crippen LogP contribution in [0.25, 0.3) is 0 Å². The van der Waals surface area contributed by atoms with Crippen LogP contribution in [0.4, 0.5) is 0 Å². The molecular formula is C28H54O4. The van der Waals surface area contributed by atoms with E-state index in [9.17, 15) is 4.79 Å². The Kier molecular flexibility index (Phi) is 25.4. The van der Waals surface area contributed by atoms with E-state index < -0.39 is 5.97 Å². The normalized spacial score (nSPS) is 11.7. The Morgan fingerprint density at radius 2 is 0.938 bits per heavy atom. The Labute approximate surface area is 199 Å². The molecule has 0 atom stereocenters. The van der Waals surface area contributed by atoms with Gasteiger partial charge in [0.25, 0.3) is 0 Å². The predicted octanol–water partition coefficient (Wildman–Crippen LogP) is 9.22. The van der Waals surface area contributed by atoms with Gasteiger partial charge in [0.05, 0.1) is 13.2 Å². The van der Waals surface area contributed by atoms with Crippen molar-refractivity contribution in [1.82, 2.24) is 0 Å². The molecule has 0 bridgehead atoms. The minimum atomic E-state index is -0.425. The highest BCUT2D eigenvalue weighted by Gasteiger charge is 2.13. The van der Waals surface area contributed by atoms with Crippen LogP contribution in [0.5, 0.6) is 0 Å². The van der Waals surface area contributed by atoms with Gasteiger partial charge in [-0.3, -0.25) is 0 Å². The van der Waals surface area contributed by atoms with Gasteiger partial charge in [0.1, 0.15) is 0 Å². The molecule has 0 radical (unpaired) electrons. The zero-order valence-electron chi connectivity index (χ0n) is 21.8. The molecule has 4 heteroatoms. The van der Waals surface area contributed by atoms with Crippen molar-refractivity contribution in [2.45, 2.75) is 149 Å². The van der Waals surface area contributed by atoms with Crippen LogP contribution in [0.1, 0.15) is 149 Å². The lowest BCUT2D eigenvalue weighted by atomic mass is 10.1. The van der Waals surface area contributed by atoms with Crippen LogP contribution >= 0.6 is 0 Å². The fraction of sp³-hybridized carbons (Fsp3) is 0.893. The first kappa shape index (κ1) is 31.0. The van der Waals surface area contributed by atoms with Crippen LogP contribution in [0.15, 0.2) is 11.8 Å². The summed E-state index contributed by atoms with van der Waals surface area (Å²) in [4.78, 5) is 22.5. The predicted molar refractivity (Wildman–Crippen MR) is 135 cm³/mol. The van der Waals surface area contributed by atoms with Gasteiger partial charge in [-0.1, -0.05) is 129 Å². The van der Waals surface area contributed by atoms with Crippen molar-refractivity contribution in [3.63, 3.8) is 0 Å². The molecular weight excluding hydrogens is 400 g/mol. The van der Waals surface area contributed by atoms with Gasteiger partial charge in [0, 0.05) is 0 Å². The second-order valence-corrected chi connectivity index (χ2v) is 9.06. The number of ether oxygens (including phenoxy) is 1. The average Bonchev–Trinajstić information content (AvgIpc) is 2.80. The van der Waals surface area contributed by atoms with Crippen molar-refractivity contribution in [3.8, 4) is 0 Å². The summed E-state index contributed by atoms with van der Waals surface area (Å²) < 4.78 is 5.31. The molecule has 0 N–H and O–H groups in total. The largest absolute Gasteiger partial charge is 0.460 e. The van der Waals surface area contributed by atoms with Crippen LogP contribution in [0, 0.1) is 0 Å². The number of rotatable bonds is 25. The number of hydrogen-bond donors (Lipinski definition) is 0. The SMILES string of the molecule is C/C=C(/OOCCCCCCCCCCCC)C(=O)OCCCCCCCCCCCC. The van der Waals surface area contributed by atoms with E-state index in [1.165, 1.54) is 103 Å². The molecule has 4 nitrogen and oxygen atoms in total. The maximum atomic E-state index is 12.1. The second-order valence-electron chi connectivity index (χ2n) is 9.06. The maximum absolute atomic E-state index is 12.1. The highest BCUT2D eigenvalue weighted by Crippen LogP contribution is 2.12. The van der Waals surface area contributed by atoms with E-state index in [4.69, 9.17) is 14.5 Å². The van der Waals surface area contributed by atoms with E-state index in [0.717, 1.165) is 25.7 Å². The molecule has 32 heavy (non-hydrogen) atoms. The summed E-state index contributed by atoms with van der Waals surface area (Å²) in [6, 6.07) is 0. The van der Waals surface area contributed by atoms with Crippen LogP contribution in [-0.2, 0) is 19.3 Å². The lowest BCUT2D eigenvalue weighted by molar-refractivity contribution is -0.264. The van der Waals surface area contributed by atoms with Crippen LogP contribution in [0.3, 0.4) is 0 Å². The van der Waals surface area contributed by atoms with Gasteiger partial charge in [-0.2, -0.15) is 4.89 Å². The van der Waals surface area contributed by atoms with E-state index >= 15 is 0 Å². The Hall–Kier alpha value is -1.03. The van der Waals surface area contributed by atoms with Crippen LogP contribution in [0.2, 0.25) is 0 Å². The summed E-state index contributed by atoms with van der Waals surface area (Å²) in [5.74, 6) is -0.268. The molecule has 0 spiro atoms. The third kappa shape index (κ3) is 22.2. The van der Waals surface area contributed by atoms with E-state index in [1.54, 1.807) is 13.0 Å². The molecule has 0 saturated heterocycles. The maximum Gasteiger partial charge on any atom is 0.377 e. The lowest BCUT2D eigenvalue weighted by Crippen LogP contribution is -2.12. The van der Waals surface area contributed by atoms with Gasteiger partial charge in [-0.05, 0) is 25.8 Å². The molecule has 0 aliphatic heterocycles. The molecule has 0 aromatic carbocycles. The molecule has 0 aromatic rings. The zero-order chi connectivity index (χ0) is 23.5. The molecule has 0 aliphatic rings. The van der Waals surface area contributed by atoms with Gasteiger partial charge in [0.15, 0.2) is 0 Å². The molecule has 0 aromatic heterocycles. The highest BCUT2D eigenvalue weighted by atomic mass is 17.2. The fourth-order valence-corrected chi connectivity index (χ4v) is 3.78. The molecule has 0 fully saturated rings. The summed E-state index contributed by atoms with van der Waals surface area (Å²) in [6.07, 6.45) is 27.1. The number of hydrogen-bond acceptors (Lipinski definition) is 4. The summed E-state index contributed by atoms with van der Waals surface area (Å²) in [7, 11) is 0. The Bertz CT molecular complexity index is 420.